The van der Waals surface area contributed by atoms with E-state index in [2.05, 4.69) is 20.7 Å². The summed E-state index contributed by atoms with van der Waals surface area (Å²) >= 11 is 2.96. The quantitative estimate of drug-likeness (QED) is 0.0839. The van der Waals surface area contributed by atoms with Gasteiger partial charge in [-0.15, -0.1) is 23.1 Å². The highest BCUT2D eigenvalue weighted by atomic mass is 32.2. The van der Waals surface area contributed by atoms with E-state index in [1.807, 2.05) is 34.5 Å². The Balaban J connectivity index is 1.32. The molecule has 208 valence electrons. The van der Waals surface area contributed by atoms with Crippen LogP contribution in [0.1, 0.15) is 12.6 Å². The molecule has 16 heteroatoms. The minimum absolute atomic E-state index is 0.0782. The van der Waals surface area contributed by atoms with Crippen molar-refractivity contribution in [3.63, 3.8) is 0 Å². The van der Waals surface area contributed by atoms with Crippen LogP contribution < -0.4 is 15.6 Å². The van der Waals surface area contributed by atoms with Gasteiger partial charge in [0.2, 0.25) is 6.61 Å². The number of nitrogens with one attached hydrogen (secondary N) is 2. The molecular weight excluding hydrogens is 562 g/mol. The van der Waals surface area contributed by atoms with Gasteiger partial charge in [0.15, 0.2) is 24.7 Å². The topological polar surface area (TPSA) is 193 Å². The van der Waals surface area contributed by atoms with Crippen molar-refractivity contribution >= 4 is 68.5 Å². The summed E-state index contributed by atoms with van der Waals surface area (Å²) in [4.78, 5) is 56.3. The Kier molecular flexibility index (Phi) is 7.70. The second kappa shape index (κ2) is 11.4. The number of aliphatic carboxylic acids is 1. The van der Waals surface area contributed by atoms with Crippen LogP contribution in [0.4, 0.5) is 5.82 Å². The maximum atomic E-state index is 13.1. The normalized spacial score (nSPS) is 18.8. The molecule has 40 heavy (non-hydrogen) atoms. The summed E-state index contributed by atoms with van der Waals surface area (Å²) in [6, 6.07) is 4.26. The van der Waals surface area contributed by atoms with Crippen molar-refractivity contribution in [2.24, 2.45) is 5.16 Å². The zero-order valence-electron chi connectivity index (χ0n) is 21.0. The molecule has 0 radical (unpaired) electrons. The predicted molar refractivity (Wildman–Crippen MR) is 144 cm³/mol. The summed E-state index contributed by atoms with van der Waals surface area (Å²) in [7, 11) is 0. The molecule has 2 aliphatic rings. The molecule has 5 N–H and O–H groups in total. The number of carboxylic acid groups (broad SMARTS) is 1. The summed E-state index contributed by atoms with van der Waals surface area (Å²) in [5.41, 5.74) is 5.91. The number of β-lactam (4-membered cyclic amide) rings is 1. The smallest absolute Gasteiger partial charge is 0.352 e. The van der Waals surface area contributed by atoms with Crippen molar-refractivity contribution in [1.82, 2.24) is 20.4 Å². The van der Waals surface area contributed by atoms with Gasteiger partial charge in [-0.2, -0.15) is 5.10 Å². The number of hydrogen-bond donors (Lipinski definition) is 4. The number of carboxylic acids is 1. The second-order valence-corrected chi connectivity index (χ2v) is 10.8. The maximum Gasteiger partial charge on any atom is 0.352 e. The van der Waals surface area contributed by atoms with Crippen LogP contribution in [0.3, 0.4) is 0 Å². The Labute approximate surface area is 234 Å². The average Bonchev–Trinajstić information content (AvgIpc) is 3.57. The number of amides is 2. The summed E-state index contributed by atoms with van der Waals surface area (Å²) in [5, 5.41) is 25.0. The number of pyridine rings is 1. The van der Waals surface area contributed by atoms with Gasteiger partial charge in [-0.1, -0.05) is 5.16 Å². The van der Waals surface area contributed by atoms with Crippen molar-refractivity contribution in [3.8, 4) is 0 Å². The zero-order valence-corrected chi connectivity index (χ0v) is 22.7. The van der Waals surface area contributed by atoms with Gasteiger partial charge in [-0.25, -0.2) is 14.2 Å². The number of carbonyl (C=O) groups excluding carboxylic acids is 3. The number of carbonyl (C=O) groups is 4. The molecule has 1 fully saturated rings. The van der Waals surface area contributed by atoms with E-state index in [1.54, 1.807) is 18.3 Å². The Bertz CT molecular complexity index is 1560. The number of thioether (sulfide) groups is 1. The number of nitrogens with zero attached hydrogens (tertiary/aromatic N) is 4. The molecule has 0 aromatic carbocycles. The highest BCUT2D eigenvalue weighted by Gasteiger charge is 2.54. The molecule has 3 aromatic heterocycles. The van der Waals surface area contributed by atoms with E-state index in [1.165, 1.54) is 22.7 Å². The number of thiophene rings is 1. The Hall–Kier alpha value is -4.44. The molecule has 3 aromatic rings. The number of esters is 1. The van der Waals surface area contributed by atoms with Gasteiger partial charge in [-0.3, -0.25) is 19.6 Å². The van der Waals surface area contributed by atoms with Crippen LogP contribution in [-0.2, 0) is 35.3 Å². The molecule has 0 saturated carbocycles. The molecule has 2 atom stereocenters. The summed E-state index contributed by atoms with van der Waals surface area (Å²) in [6.07, 6.45) is 3.80. The fraction of sp³-hybridized carbons (Fsp3) is 0.292. The standard InChI is InChI=1S/C24H23N7O7S2/c1-2-37-17(32)10-38-29-18(14-7-16(25)28-27-14)21(33)26-19-22(34)31-20(24(35)36)13(11-40-23(19)31)9-30-5-3-15-12(8-30)4-6-39-15/h3-8,19,23H,2,9-11H2,1H3,(H4-,25,26,27,28,29,33,35,36)/p+1/t19?,23-/m1/s1. The molecule has 2 aliphatic heterocycles. The molecule has 2 amide bonds. The lowest BCUT2D eigenvalue weighted by atomic mass is 10.0. The second-order valence-electron chi connectivity index (χ2n) is 8.70. The summed E-state index contributed by atoms with van der Waals surface area (Å²) in [5.74, 6) is -2.87. The van der Waals surface area contributed by atoms with Crippen LogP contribution in [-0.4, -0.2) is 80.1 Å². The van der Waals surface area contributed by atoms with Crippen LogP contribution in [0, 0.1) is 0 Å². The number of nitrogen functional groups attached to an aromatic ring is 1. The third-order valence-corrected chi connectivity index (χ3v) is 8.31. The average molecular weight is 587 g/mol. The molecule has 14 nitrogen and oxygen atoms in total. The first-order valence-electron chi connectivity index (χ1n) is 12.0. The number of anilines is 1. The van der Waals surface area contributed by atoms with Gasteiger partial charge in [-0.05, 0) is 18.4 Å². The first kappa shape index (κ1) is 27.1. The van der Waals surface area contributed by atoms with Crippen molar-refractivity contribution in [2.75, 3.05) is 24.7 Å². The lowest BCUT2D eigenvalue weighted by Gasteiger charge is -2.49. The van der Waals surface area contributed by atoms with Crippen LogP contribution >= 0.6 is 23.1 Å². The number of H-pyrrole nitrogens is 1. The van der Waals surface area contributed by atoms with E-state index >= 15 is 0 Å². The molecule has 0 spiro atoms. The monoisotopic (exact) mass is 586 g/mol. The third kappa shape index (κ3) is 5.35. The number of aromatic amines is 1. The number of ether oxygens (including phenoxy) is 1. The number of aromatic nitrogens is 3. The van der Waals surface area contributed by atoms with E-state index in [0.29, 0.717) is 17.9 Å². The fourth-order valence-corrected chi connectivity index (χ4v) is 6.41. The first-order valence-corrected chi connectivity index (χ1v) is 13.9. The molecule has 5 rings (SSSR count). The van der Waals surface area contributed by atoms with Crippen LogP contribution in [0.15, 0.2) is 52.4 Å². The largest absolute Gasteiger partial charge is 0.477 e. The van der Waals surface area contributed by atoms with Gasteiger partial charge < -0.3 is 25.7 Å². The van der Waals surface area contributed by atoms with Crippen LogP contribution in [0.25, 0.3) is 10.1 Å². The highest BCUT2D eigenvalue weighted by molar-refractivity contribution is 8.00. The highest BCUT2D eigenvalue weighted by Crippen LogP contribution is 2.40. The summed E-state index contributed by atoms with van der Waals surface area (Å²) < 4.78 is 7.77. The molecule has 1 unspecified atom stereocenters. The van der Waals surface area contributed by atoms with E-state index in [0.717, 1.165) is 10.1 Å². The SMILES string of the molecule is CCOC(=O)CO/N=C(/C(=O)NC1C(=O)N2C(C(=O)O)=C(C[n+]3ccc4sccc4c3)CS[C@H]12)c1cc(N)n[nH]1. The number of hydrogen-bond acceptors (Lipinski definition) is 11. The predicted octanol–water partition coefficient (Wildman–Crippen LogP) is 0.217. The molecule has 0 aliphatic carbocycles. The zero-order chi connectivity index (χ0) is 28.4. The minimum atomic E-state index is -1.22. The van der Waals surface area contributed by atoms with Gasteiger partial charge in [0, 0.05) is 28.2 Å². The van der Waals surface area contributed by atoms with E-state index in [4.69, 9.17) is 15.3 Å². The Morgan fingerprint density at radius 1 is 1.38 bits per heavy atom. The van der Waals surface area contributed by atoms with Crippen LogP contribution in [0.5, 0.6) is 0 Å². The number of nitrogens with two attached hydrogens (primary N) is 1. The summed E-state index contributed by atoms with van der Waals surface area (Å²) in [6.45, 7) is 1.53. The van der Waals surface area contributed by atoms with Crippen molar-refractivity contribution in [2.45, 2.75) is 24.9 Å². The molecular formula is C24H24N7O7S2+. The Morgan fingerprint density at radius 2 is 2.20 bits per heavy atom. The van der Waals surface area contributed by atoms with E-state index in [-0.39, 0.29) is 29.5 Å². The van der Waals surface area contributed by atoms with Gasteiger partial charge >= 0.3 is 11.9 Å². The Morgan fingerprint density at radius 3 is 2.92 bits per heavy atom. The molecule has 1 saturated heterocycles. The van der Waals surface area contributed by atoms with Gasteiger partial charge in [0.1, 0.15) is 22.9 Å². The minimum Gasteiger partial charge on any atom is -0.477 e. The lowest BCUT2D eigenvalue weighted by molar-refractivity contribution is -0.687. The third-order valence-electron chi connectivity index (χ3n) is 6.07. The van der Waals surface area contributed by atoms with Crippen molar-refractivity contribution < 1.29 is 38.4 Å². The molecule has 5 heterocycles. The number of oxime groups is 1. The van der Waals surface area contributed by atoms with E-state index in [9.17, 15) is 24.3 Å². The first-order chi connectivity index (χ1) is 19.3. The number of rotatable bonds is 10. The fourth-order valence-electron chi connectivity index (χ4n) is 4.31. The lowest BCUT2D eigenvalue weighted by Crippen LogP contribution is -2.71. The van der Waals surface area contributed by atoms with Crippen molar-refractivity contribution in [1.29, 1.82) is 0 Å². The van der Waals surface area contributed by atoms with Gasteiger partial charge in [0.05, 0.1) is 17.7 Å². The number of fused-ring (bicyclic) bond motifs is 2. The van der Waals surface area contributed by atoms with Crippen LogP contribution in [0.2, 0.25) is 0 Å². The van der Waals surface area contributed by atoms with E-state index < -0.39 is 41.8 Å². The van der Waals surface area contributed by atoms with Gasteiger partial charge in [0.25, 0.3) is 11.8 Å². The molecule has 0 bridgehead atoms. The van der Waals surface area contributed by atoms with Crippen molar-refractivity contribution in [3.05, 3.63) is 52.9 Å². The maximum absolute atomic E-state index is 13.1.